The van der Waals surface area contributed by atoms with E-state index >= 15 is 0 Å². The summed E-state index contributed by atoms with van der Waals surface area (Å²) in [5.41, 5.74) is 4.91. The van der Waals surface area contributed by atoms with E-state index in [1.165, 1.54) is 12.1 Å². The molecule has 94 valence electrons. The Kier molecular flexibility index (Phi) is 4.57. The molecule has 0 spiro atoms. The van der Waals surface area contributed by atoms with Gasteiger partial charge in [0, 0.05) is 0 Å². The molecule has 0 fully saturated rings. The second-order valence-electron chi connectivity index (χ2n) is 3.91. The third kappa shape index (κ3) is 2.79. The number of amides is 1. The fourth-order valence-corrected chi connectivity index (χ4v) is 1.75. The summed E-state index contributed by atoms with van der Waals surface area (Å²) >= 11 is 0. The van der Waals surface area contributed by atoms with Crippen LogP contribution in [0, 0.1) is 5.82 Å². The number of hydrogen-bond donors (Lipinski definition) is 2. The quantitative estimate of drug-likeness (QED) is 0.786. The lowest BCUT2D eigenvalue weighted by molar-refractivity contribution is -0.125. The zero-order valence-corrected chi connectivity index (χ0v) is 10.2. The van der Waals surface area contributed by atoms with E-state index < -0.39 is 17.3 Å². The van der Waals surface area contributed by atoms with E-state index in [1.54, 1.807) is 0 Å². The predicted molar refractivity (Wildman–Crippen MR) is 63.7 cm³/mol. The van der Waals surface area contributed by atoms with Crippen molar-refractivity contribution in [3.05, 3.63) is 29.8 Å². The number of nitrogens with zero attached hydrogens (tertiary/aromatic N) is 1. The number of carbonyl (C=O) groups is 1. The van der Waals surface area contributed by atoms with E-state index in [0.717, 1.165) is 12.6 Å². The largest absolute Gasteiger partial charge is 0.368 e. The van der Waals surface area contributed by atoms with Crippen LogP contribution in [0.2, 0.25) is 0 Å². The lowest BCUT2D eigenvalue weighted by Crippen LogP contribution is -2.53. The van der Waals surface area contributed by atoms with Gasteiger partial charge >= 0.3 is 0 Å². The number of aromatic nitrogens is 1. The minimum absolute atomic E-state index is 0.432. The first-order valence-corrected chi connectivity index (χ1v) is 5.73. The second kappa shape index (κ2) is 5.72. The number of nitrogens with two attached hydrogens (primary N) is 1. The minimum Gasteiger partial charge on any atom is -0.368 e. The average molecular weight is 239 g/mol. The van der Waals surface area contributed by atoms with Crippen molar-refractivity contribution in [1.82, 2.24) is 10.3 Å². The highest BCUT2D eigenvalue weighted by Crippen LogP contribution is 2.23. The third-order valence-corrected chi connectivity index (χ3v) is 2.79. The summed E-state index contributed by atoms with van der Waals surface area (Å²) in [5, 5.41) is 3.11. The average Bonchev–Trinajstić information content (AvgIpc) is 2.32. The summed E-state index contributed by atoms with van der Waals surface area (Å²) < 4.78 is 12.8. The first-order chi connectivity index (χ1) is 8.06. The SMILES string of the molecule is CCCNC(CC)(C(N)=O)c1ccc(F)cn1. The molecule has 0 radical (unpaired) electrons. The number of nitrogens with one attached hydrogen (secondary N) is 1. The van der Waals surface area contributed by atoms with Gasteiger partial charge in [-0.2, -0.15) is 0 Å². The van der Waals surface area contributed by atoms with Crippen LogP contribution in [-0.4, -0.2) is 17.4 Å². The molecule has 0 aliphatic heterocycles. The van der Waals surface area contributed by atoms with E-state index in [-0.39, 0.29) is 0 Å². The highest BCUT2D eigenvalue weighted by Gasteiger charge is 2.37. The number of pyridine rings is 1. The Morgan fingerprint density at radius 2 is 2.24 bits per heavy atom. The van der Waals surface area contributed by atoms with Crippen molar-refractivity contribution in [2.24, 2.45) is 5.73 Å². The van der Waals surface area contributed by atoms with E-state index in [2.05, 4.69) is 10.3 Å². The van der Waals surface area contributed by atoms with Gasteiger partial charge in [-0.1, -0.05) is 13.8 Å². The molecule has 1 amide bonds. The Morgan fingerprint density at radius 1 is 1.53 bits per heavy atom. The monoisotopic (exact) mass is 239 g/mol. The molecule has 3 N–H and O–H groups in total. The van der Waals surface area contributed by atoms with Gasteiger partial charge in [-0.15, -0.1) is 0 Å². The Balaban J connectivity index is 3.12. The van der Waals surface area contributed by atoms with Crippen molar-refractivity contribution in [2.45, 2.75) is 32.2 Å². The van der Waals surface area contributed by atoms with Crippen molar-refractivity contribution < 1.29 is 9.18 Å². The second-order valence-corrected chi connectivity index (χ2v) is 3.91. The summed E-state index contributed by atoms with van der Waals surface area (Å²) in [5.74, 6) is -0.925. The molecule has 0 bridgehead atoms. The molecule has 1 aromatic rings. The molecular weight excluding hydrogens is 221 g/mol. The van der Waals surface area contributed by atoms with E-state index in [0.29, 0.717) is 18.7 Å². The maximum atomic E-state index is 12.8. The zero-order valence-electron chi connectivity index (χ0n) is 10.2. The summed E-state index contributed by atoms with van der Waals surface area (Å²) in [6.45, 7) is 4.49. The smallest absolute Gasteiger partial charge is 0.243 e. The molecule has 1 unspecified atom stereocenters. The maximum absolute atomic E-state index is 12.8. The van der Waals surface area contributed by atoms with E-state index in [9.17, 15) is 9.18 Å². The fourth-order valence-electron chi connectivity index (χ4n) is 1.75. The van der Waals surface area contributed by atoms with Gasteiger partial charge in [0.25, 0.3) is 0 Å². The molecule has 5 heteroatoms. The van der Waals surface area contributed by atoms with Crippen molar-refractivity contribution in [3.63, 3.8) is 0 Å². The topological polar surface area (TPSA) is 68.0 Å². The lowest BCUT2D eigenvalue weighted by atomic mass is 9.90. The number of primary amides is 1. The van der Waals surface area contributed by atoms with Gasteiger partial charge in [0.2, 0.25) is 5.91 Å². The molecular formula is C12H18FN3O. The van der Waals surface area contributed by atoms with Gasteiger partial charge in [0.05, 0.1) is 11.9 Å². The molecule has 0 saturated heterocycles. The molecule has 1 aromatic heterocycles. The van der Waals surface area contributed by atoms with Crippen LogP contribution < -0.4 is 11.1 Å². The van der Waals surface area contributed by atoms with Crippen molar-refractivity contribution in [1.29, 1.82) is 0 Å². The third-order valence-electron chi connectivity index (χ3n) is 2.79. The van der Waals surface area contributed by atoms with Gasteiger partial charge in [-0.3, -0.25) is 15.1 Å². The lowest BCUT2D eigenvalue weighted by Gasteiger charge is -2.30. The van der Waals surface area contributed by atoms with E-state index in [4.69, 9.17) is 5.73 Å². The number of hydrogen-bond acceptors (Lipinski definition) is 3. The fraction of sp³-hybridized carbons (Fsp3) is 0.500. The molecule has 4 nitrogen and oxygen atoms in total. The van der Waals surface area contributed by atoms with Crippen molar-refractivity contribution >= 4 is 5.91 Å². The molecule has 1 rings (SSSR count). The van der Waals surface area contributed by atoms with Crippen LogP contribution in [0.1, 0.15) is 32.4 Å². The first kappa shape index (κ1) is 13.6. The predicted octanol–water partition coefficient (Wildman–Crippen LogP) is 1.31. The van der Waals surface area contributed by atoms with Crippen LogP contribution in [0.15, 0.2) is 18.3 Å². The van der Waals surface area contributed by atoms with Gasteiger partial charge in [-0.05, 0) is 31.5 Å². The highest BCUT2D eigenvalue weighted by molar-refractivity contribution is 5.85. The first-order valence-electron chi connectivity index (χ1n) is 5.73. The van der Waals surface area contributed by atoms with Gasteiger partial charge in [0.1, 0.15) is 11.4 Å². The Bertz CT molecular complexity index is 380. The molecule has 17 heavy (non-hydrogen) atoms. The number of halogens is 1. The maximum Gasteiger partial charge on any atom is 0.243 e. The molecule has 0 aromatic carbocycles. The number of carbonyl (C=O) groups excluding carboxylic acids is 1. The minimum atomic E-state index is -1.01. The summed E-state index contributed by atoms with van der Waals surface area (Å²) in [6, 6.07) is 2.77. The summed E-state index contributed by atoms with van der Waals surface area (Å²) in [7, 11) is 0. The molecule has 1 atom stereocenters. The van der Waals surface area contributed by atoms with Gasteiger partial charge < -0.3 is 5.73 Å². The van der Waals surface area contributed by atoms with E-state index in [1.807, 2.05) is 13.8 Å². The van der Waals surface area contributed by atoms with Crippen LogP contribution >= 0.6 is 0 Å². The standard InChI is InChI=1S/C12H18FN3O/c1-3-7-16-12(4-2,11(14)17)10-6-5-9(13)8-15-10/h5-6,8,16H,3-4,7H2,1-2H3,(H2,14,17). The van der Waals surface area contributed by atoms with Crippen molar-refractivity contribution in [3.8, 4) is 0 Å². The van der Waals surface area contributed by atoms with Crippen molar-refractivity contribution in [2.75, 3.05) is 6.54 Å². The zero-order chi connectivity index (χ0) is 12.9. The van der Waals surface area contributed by atoms with Crippen LogP contribution in [0.3, 0.4) is 0 Å². The molecule has 0 aliphatic carbocycles. The van der Waals surface area contributed by atoms with Gasteiger partial charge in [0.15, 0.2) is 0 Å². The Morgan fingerprint density at radius 3 is 2.65 bits per heavy atom. The molecule has 0 aliphatic rings. The van der Waals surface area contributed by atoms with Crippen LogP contribution in [-0.2, 0) is 10.3 Å². The Hall–Kier alpha value is -1.49. The number of rotatable bonds is 6. The van der Waals surface area contributed by atoms with Crippen LogP contribution in [0.25, 0.3) is 0 Å². The normalized spacial score (nSPS) is 14.3. The molecule has 1 heterocycles. The van der Waals surface area contributed by atoms with Gasteiger partial charge in [-0.25, -0.2) is 4.39 Å². The summed E-state index contributed by atoms with van der Waals surface area (Å²) in [6.07, 6.45) is 2.44. The highest BCUT2D eigenvalue weighted by atomic mass is 19.1. The van der Waals surface area contributed by atoms with Crippen LogP contribution in [0.5, 0.6) is 0 Å². The molecule has 0 saturated carbocycles. The Labute approximate surface area is 100 Å². The summed E-state index contributed by atoms with van der Waals surface area (Å²) in [4.78, 5) is 15.6. The van der Waals surface area contributed by atoms with Crippen LogP contribution in [0.4, 0.5) is 4.39 Å².